The molecule has 39 heavy (non-hydrogen) atoms. The van der Waals surface area contributed by atoms with E-state index in [9.17, 15) is 24.2 Å². The number of rotatable bonds is 13. The predicted octanol–water partition coefficient (Wildman–Crippen LogP) is 4.70. The number of halogens is 1. The Bertz CT molecular complexity index is 1240. The van der Waals surface area contributed by atoms with Gasteiger partial charge in [-0.1, -0.05) is 44.2 Å². The number of benzene rings is 2. The quantitative estimate of drug-likeness (QED) is 0.290. The van der Waals surface area contributed by atoms with Gasteiger partial charge in [0.1, 0.15) is 5.82 Å². The van der Waals surface area contributed by atoms with E-state index in [1.807, 2.05) is 58.0 Å². The zero-order chi connectivity index (χ0) is 28.7. The van der Waals surface area contributed by atoms with E-state index in [2.05, 4.69) is 0 Å². The second-order valence-electron chi connectivity index (χ2n) is 10.4. The van der Waals surface area contributed by atoms with Crippen molar-refractivity contribution in [3.8, 4) is 5.69 Å². The standard InChI is InChI=1S/C30H38FN3O5/c1-19(2)28-26(15-14-24(35)16-25(36)17-27(37)38)34(23-12-10-22(31)11-13-23)32-29(28)30(39)33(20(3)4)18-21-8-6-5-7-9-21/h5-13,19-20,24-25,35-36H,14-18H2,1-4H3,(H,37,38). The van der Waals surface area contributed by atoms with Gasteiger partial charge in [0.15, 0.2) is 5.69 Å². The average Bonchev–Trinajstić information content (AvgIpc) is 3.26. The molecule has 210 valence electrons. The van der Waals surface area contributed by atoms with E-state index in [1.54, 1.807) is 21.7 Å². The molecule has 1 aromatic heterocycles. The molecular weight excluding hydrogens is 501 g/mol. The van der Waals surface area contributed by atoms with Crippen molar-refractivity contribution in [2.24, 2.45) is 0 Å². The van der Waals surface area contributed by atoms with Crippen molar-refractivity contribution in [3.05, 3.63) is 82.9 Å². The number of amides is 1. The normalized spacial score (nSPS) is 13.1. The fraction of sp³-hybridized carbons (Fsp3) is 0.433. The summed E-state index contributed by atoms with van der Waals surface area (Å²) < 4.78 is 15.4. The molecule has 2 atom stereocenters. The minimum absolute atomic E-state index is 0.0853. The first-order valence-corrected chi connectivity index (χ1v) is 13.3. The van der Waals surface area contributed by atoms with Crippen molar-refractivity contribution in [3.63, 3.8) is 0 Å². The molecule has 3 N–H and O–H groups in total. The lowest BCUT2D eigenvalue weighted by Crippen LogP contribution is -2.37. The van der Waals surface area contributed by atoms with Crippen molar-refractivity contribution in [2.75, 3.05) is 0 Å². The number of hydrogen-bond donors (Lipinski definition) is 3. The van der Waals surface area contributed by atoms with E-state index in [-0.39, 0.29) is 30.7 Å². The van der Waals surface area contributed by atoms with Gasteiger partial charge in [0.25, 0.3) is 5.91 Å². The Balaban J connectivity index is 2.01. The van der Waals surface area contributed by atoms with Crippen LogP contribution in [0, 0.1) is 5.82 Å². The van der Waals surface area contributed by atoms with Gasteiger partial charge in [0, 0.05) is 23.8 Å². The summed E-state index contributed by atoms with van der Waals surface area (Å²) in [6, 6.07) is 15.4. The highest BCUT2D eigenvalue weighted by Crippen LogP contribution is 2.30. The number of carboxylic acids is 1. The van der Waals surface area contributed by atoms with E-state index >= 15 is 0 Å². The summed E-state index contributed by atoms with van der Waals surface area (Å²) in [6.45, 7) is 8.25. The van der Waals surface area contributed by atoms with Crippen LogP contribution >= 0.6 is 0 Å². The summed E-state index contributed by atoms with van der Waals surface area (Å²) in [5.41, 5.74) is 3.31. The first-order valence-electron chi connectivity index (χ1n) is 13.3. The highest BCUT2D eigenvalue weighted by molar-refractivity contribution is 5.94. The summed E-state index contributed by atoms with van der Waals surface area (Å²) in [7, 11) is 0. The number of carbonyl (C=O) groups is 2. The Kier molecular flexibility index (Phi) is 10.4. The lowest BCUT2D eigenvalue weighted by atomic mass is 9.95. The monoisotopic (exact) mass is 539 g/mol. The van der Waals surface area contributed by atoms with E-state index in [0.29, 0.717) is 30.0 Å². The smallest absolute Gasteiger partial charge is 0.305 e. The van der Waals surface area contributed by atoms with Gasteiger partial charge in [-0.3, -0.25) is 9.59 Å². The van der Waals surface area contributed by atoms with Gasteiger partial charge in [-0.05, 0) is 68.9 Å². The summed E-state index contributed by atoms with van der Waals surface area (Å²) in [6.07, 6.45) is -2.13. The van der Waals surface area contributed by atoms with Crippen LogP contribution in [0.1, 0.15) is 80.2 Å². The van der Waals surface area contributed by atoms with Crippen LogP contribution in [0.4, 0.5) is 4.39 Å². The highest BCUT2D eigenvalue weighted by Gasteiger charge is 2.30. The third-order valence-electron chi connectivity index (χ3n) is 6.62. The fourth-order valence-corrected chi connectivity index (χ4v) is 4.69. The zero-order valence-corrected chi connectivity index (χ0v) is 22.9. The molecule has 0 radical (unpaired) electrons. The summed E-state index contributed by atoms with van der Waals surface area (Å²) >= 11 is 0. The Morgan fingerprint density at radius 1 is 0.974 bits per heavy atom. The van der Waals surface area contributed by atoms with Crippen LogP contribution in [0.25, 0.3) is 5.69 Å². The van der Waals surface area contributed by atoms with Gasteiger partial charge in [0.2, 0.25) is 0 Å². The molecule has 0 aliphatic heterocycles. The van der Waals surface area contributed by atoms with Crippen LogP contribution in [0.15, 0.2) is 54.6 Å². The molecule has 1 heterocycles. The number of aliphatic carboxylic acids is 1. The van der Waals surface area contributed by atoms with Gasteiger partial charge in [-0.2, -0.15) is 5.10 Å². The van der Waals surface area contributed by atoms with Gasteiger partial charge in [-0.25, -0.2) is 9.07 Å². The Labute approximate surface area is 228 Å². The van der Waals surface area contributed by atoms with Crippen LogP contribution in [0.5, 0.6) is 0 Å². The third-order valence-corrected chi connectivity index (χ3v) is 6.62. The highest BCUT2D eigenvalue weighted by atomic mass is 19.1. The summed E-state index contributed by atoms with van der Waals surface area (Å²) in [4.78, 5) is 26.7. The maximum Gasteiger partial charge on any atom is 0.305 e. The molecule has 0 saturated carbocycles. The van der Waals surface area contributed by atoms with E-state index in [4.69, 9.17) is 10.2 Å². The molecule has 2 aromatic carbocycles. The molecule has 3 aromatic rings. The number of aliphatic hydroxyl groups excluding tert-OH is 2. The molecule has 0 fully saturated rings. The lowest BCUT2D eigenvalue weighted by molar-refractivity contribution is -0.139. The number of carboxylic acid groups (broad SMARTS) is 1. The molecular formula is C30H38FN3O5. The van der Waals surface area contributed by atoms with Crippen molar-refractivity contribution < 1.29 is 29.3 Å². The predicted molar refractivity (Wildman–Crippen MR) is 146 cm³/mol. The summed E-state index contributed by atoms with van der Waals surface area (Å²) in [5, 5.41) is 34.2. The van der Waals surface area contributed by atoms with Crippen LogP contribution < -0.4 is 0 Å². The lowest BCUT2D eigenvalue weighted by Gasteiger charge is -2.27. The first kappa shape index (κ1) is 30.0. The molecule has 0 aliphatic rings. The topological polar surface area (TPSA) is 116 Å². The Hall–Kier alpha value is -3.56. The minimum atomic E-state index is -1.17. The van der Waals surface area contributed by atoms with Crippen LogP contribution in [0.3, 0.4) is 0 Å². The van der Waals surface area contributed by atoms with Crippen LogP contribution in [0.2, 0.25) is 0 Å². The first-order chi connectivity index (χ1) is 18.5. The van der Waals surface area contributed by atoms with Gasteiger partial charge >= 0.3 is 5.97 Å². The maximum absolute atomic E-state index is 14.0. The zero-order valence-electron chi connectivity index (χ0n) is 22.9. The number of aromatic nitrogens is 2. The largest absolute Gasteiger partial charge is 0.481 e. The van der Waals surface area contributed by atoms with Crippen molar-refractivity contribution >= 4 is 11.9 Å². The molecule has 1 amide bonds. The van der Waals surface area contributed by atoms with Crippen molar-refractivity contribution in [1.29, 1.82) is 0 Å². The Morgan fingerprint density at radius 2 is 1.62 bits per heavy atom. The van der Waals surface area contributed by atoms with Crippen molar-refractivity contribution in [2.45, 2.75) is 84.1 Å². The molecule has 2 unspecified atom stereocenters. The van der Waals surface area contributed by atoms with Crippen molar-refractivity contribution in [1.82, 2.24) is 14.7 Å². The number of nitrogens with zero attached hydrogens (tertiary/aromatic N) is 3. The molecule has 0 aliphatic carbocycles. The molecule has 3 rings (SSSR count). The SMILES string of the molecule is CC(C)c1c(C(=O)N(Cc2ccccc2)C(C)C)nn(-c2ccc(F)cc2)c1CCC(O)CC(O)CC(=O)O. The van der Waals surface area contributed by atoms with E-state index in [0.717, 1.165) is 11.1 Å². The van der Waals surface area contributed by atoms with E-state index < -0.39 is 30.4 Å². The maximum atomic E-state index is 14.0. The van der Waals surface area contributed by atoms with E-state index in [1.165, 1.54) is 12.1 Å². The summed E-state index contributed by atoms with van der Waals surface area (Å²) in [5.74, 6) is -1.85. The molecule has 9 heteroatoms. The van der Waals surface area contributed by atoms with Crippen LogP contribution in [-0.4, -0.2) is 60.1 Å². The second kappa shape index (κ2) is 13.5. The molecule has 0 saturated heterocycles. The second-order valence-corrected chi connectivity index (χ2v) is 10.4. The fourth-order valence-electron chi connectivity index (χ4n) is 4.69. The number of aliphatic hydroxyl groups is 2. The molecule has 0 bridgehead atoms. The minimum Gasteiger partial charge on any atom is -0.481 e. The van der Waals surface area contributed by atoms with Gasteiger partial charge in [0.05, 0.1) is 24.3 Å². The number of carbonyl (C=O) groups excluding carboxylic acids is 1. The van der Waals surface area contributed by atoms with Gasteiger partial charge < -0.3 is 20.2 Å². The number of hydrogen-bond acceptors (Lipinski definition) is 5. The van der Waals surface area contributed by atoms with Crippen LogP contribution in [-0.2, 0) is 17.8 Å². The third kappa shape index (κ3) is 7.97. The molecule has 0 spiro atoms. The average molecular weight is 540 g/mol. The molecule has 8 nitrogen and oxygen atoms in total. The Morgan fingerprint density at radius 3 is 2.18 bits per heavy atom. The van der Waals surface area contributed by atoms with Gasteiger partial charge in [-0.15, -0.1) is 0 Å².